The maximum atomic E-state index is 11.4. The molecular weight excluding hydrogens is 256 g/mol. The summed E-state index contributed by atoms with van der Waals surface area (Å²) in [4.78, 5) is 10.9. The summed E-state index contributed by atoms with van der Waals surface area (Å²) >= 11 is 0. The fourth-order valence-electron chi connectivity index (χ4n) is 1.57. The molecule has 0 fully saturated rings. The van der Waals surface area contributed by atoms with Crippen LogP contribution in [0.2, 0.25) is 0 Å². The fourth-order valence-corrected chi connectivity index (χ4v) is 2.31. The highest BCUT2D eigenvalue weighted by Gasteiger charge is 2.17. The molecule has 0 bridgehead atoms. The van der Waals surface area contributed by atoms with Crippen LogP contribution in [0.15, 0.2) is 23.1 Å². The third-order valence-electron chi connectivity index (χ3n) is 2.41. The number of hydrogen-bond acceptors (Lipinski definition) is 4. The maximum Gasteiger partial charge on any atom is 0.241 e. The fraction of sp³-hybridized carbons (Fsp3) is 0.364. The van der Waals surface area contributed by atoms with Crippen molar-refractivity contribution in [3.63, 3.8) is 0 Å². The zero-order valence-corrected chi connectivity index (χ0v) is 11.2. The molecule has 1 aromatic carbocycles. The van der Waals surface area contributed by atoms with E-state index in [1.165, 1.54) is 26.2 Å². The van der Waals surface area contributed by atoms with Crippen molar-refractivity contribution in [2.24, 2.45) is 5.14 Å². The van der Waals surface area contributed by atoms with E-state index in [4.69, 9.17) is 9.88 Å². The first-order chi connectivity index (χ1) is 8.25. The van der Waals surface area contributed by atoms with E-state index in [0.717, 1.165) is 0 Å². The Morgan fingerprint density at radius 3 is 2.50 bits per heavy atom. The predicted octanol–water partition coefficient (Wildman–Crippen LogP) is 0.540. The Kier molecular flexibility index (Phi) is 4.31. The van der Waals surface area contributed by atoms with Gasteiger partial charge in [0.05, 0.1) is 13.2 Å². The molecule has 0 aliphatic carbocycles. The van der Waals surface area contributed by atoms with Crippen LogP contribution in [0.3, 0.4) is 0 Å². The van der Waals surface area contributed by atoms with E-state index in [2.05, 4.69) is 5.32 Å². The van der Waals surface area contributed by atoms with Crippen molar-refractivity contribution in [1.29, 1.82) is 0 Å². The van der Waals surface area contributed by atoms with E-state index in [1.54, 1.807) is 13.0 Å². The van der Waals surface area contributed by atoms with Gasteiger partial charge < -0.3 is 10.1 Å². The molecule has 1 amide bonds. The lowest BCUT2D eigenvalue weighted by atomic mass is 10.1. The van der Waals surface area contributed by atoms with Gasteiger partial charge in [-0.1, -0.05) is 6.07 Å². The molecule has 0 saturated carbocycles. The topological polar surface area (TPSA) is 98.5 Å². The van der Waals surface area contributed by atoms with Crippen molar-refractivity contribution < 1.29 is 17.9 Å². The van der Waals surface area contributed by atoms with E-state index in [0.29, 0.717) is 5.56 Å². The molecule has 18 heavy (non-hydrogen) atoms. The number of rotatable bonds is 4. The number of hydrogen-bond donors (Lipinski definition) is 2. The van der Waals surface area contributed by atoms with E-state index >= 15 is 0 Å². The van der Waals surface area contributed by atoms with Gasteiger partial charge in [0.15, 0.2) is 0 Å². The molecule has 6 nitrogen and oxygen atoms in total. The molecule has 100 valence electrons. The molecule has 0 aliphatic rings. The highest BCUT2D eigenvalue weighted by molar-refractivity contribution is 7.89. The normalized spacial score (nSPS) is 12.9. The van der Waals surface area contributed by atoms with Gasteiger partial charge in [0.25, 0.3) is 0 Å². The lowest BCUT2D eigenvalue weighted by molar-refractivity contribution is -0.119. The van der Waals surface area contributed by atoms with Crippen molar-refractivity contribution in [2.45, 2.75) is 24.8 Å². The van der Waals surface area contributed by atoms with Crippen LogP contribution in [0.1, 0.15) is 25.5 Å². The van der Waals surface area contributed by atoms with Crippen molar-refractivity contribution in [3.8, 4) is 5.75 Å². The quantitative estimate of drug-likeness (QED) is 0.835. The SMILES string of the molecule is COc1ccc(C(C)NC(C)=O)cc1S(N)(=O)=O. The molecule has 7 heteroatoms. The summed E-state index contributed by atoms with van der Waals surface area (Å²) in [6, 6.07) is 4.27. The van der Waals surface area contributed by atoms with Gasteiger partial charge in [0.2, 0.25) is 15.9 Å². The van der Waals surface area contributed by atoms with Crippen molar-refractivity contribution >= 4 is 15.9 Å². The van der Waals surface area contributed by atoms with Crippen LogP contribution in [0.5, 0.6) is 5.75 Å². The molecule has 0 aromatic heterocycles. The number of nitrogens with one attached hydrogen (secondary N) is 1. The Morgan fingerprint density at radius 1 is 1.44 bits per heavy atom. The summed E-state index contributed by atoms with van der Waals surface area (Å²) in [6.45, 7) is 3.14. The molecule has 1 aromatic rings. The second-order valence-electron chi connectivity index (χ2n) is 3.88. The van der Waals surface area contributed by atoms with Crippen molar-refractivity contribution in [1.82, 2.24) is 5.32 Å². The van der Waals surface area contributed by atoms with E-state index < -0.39 is 10.0 Å². The molecule has 1 rings (SSSR count). The zero-order chi connectivity index (χ0) is 13.9. The van der Waals surface area contributed by atoms with Crippen LogP contribution in [0, 0.1) is 0 Å². The molecule has 0 spiro atoms. The van der Waals surface area contributed by atoms with Gasteiger partial charge in [0, 0.05) is 6.92 Å². The molecule has 0 aliphatic heterocycles. The lowest BCUT2D eigenvalue weighted by Crippen LogP contribution is -2.24. The third-order valence-corrected chi connectivity index (χ3v) is 3.35. The Balaban J connectivity index is 3.23. The number of amides is 1. The average molecular weight is 272 g/mol. The second-order valence-corrected chi connectivity index (χ2v) is 5.41. The summed E-state index contributed by atoms with van der Waals surface area (Å²) in [5, 5.41) is 7.77. The van der Waals surface area contributed by atoms with Crippen LogP contribution >= 0.6 is 0 Å². The summed E-state index contributed by atoms with van der Waals surface area (Å²) in [5.41, 5.74) is 0.634. The largest absolute Gasteiger partial charge is 0.495 e. The van der Waals surface area contributed by atoms with Crippen LogP contribution in [-0.4, -0.2) is 21.4 Å². The second kappa shape index (κ2) is 5.36. The Hall–Kier alpha value is -1.60. The average Bonchev–Trinajstić information content (AvgIpc) is 2.26. The van der Waals surface area contributed by atoms with Gasteiger partial charge in [-0.05, 0) is 24.6 Å². The first-order valence-corrected chi connectivity index (χ1v) is 6.78. The van der Waals surface area contributed by atoms with Crippen molar-refractivity contribution in [3.05, 3.63) is 23.8 Å². The van der Waals surface area contributed by atoms with Gasteiger partial charge in [-0.2, -0.15) is 0 Å². The highest BCUT2D eigenvalue weighted by atomic mass is 32.2. The molecule has 1 atom stereocenters. The summed E-state index contributed by atoms with van der Waals surface area (Å²) in [6.07, 6.45) is 0. The number of benzene rings is 1. The molecule has 0 heterocycles. The van der Waals surface area contributed by atoms with Gasteiger partial charge >= 0.3 is 0 Å². The summed E-state index contributed by atoms with van der Waals surface area (Å²) in [7, 11) is -2.51. The molecular formula is C11H16N2O4S. The smallest absolute Gasteiger partial charge is 0.241 e. The van der Waals surface area contributed by atoms with Gasteiger partial charge in [-0.15, -0.1) is 0 Å². The standard InChI is InChI=1S/C11H16N2O4S/c1-7(13-8(2)14)9-4-5-10(17-3)11(6-9)18(12,15)16/h4-7H,1-3H3,(H,13,14)(H2,12,15,16). The van der Waals surface area contributed by atoms with Crippen LogP contribution in [0.4, 0.5) is 0 Å². The first-order valence-electron chi connectivity index (χ1n) is 5.23. The minimum Gasteiger partial charge on any atom is -0.495 e. The molecule has 0 radical (unpaired) electrons. The van der Waals surface area contributed by atoms with Gasteiger partial charge in [-0.25, -0.2) is 13.6 Å². The number of methoxy groups -OCH3 is 1. The number of carbonyl (C=O) groups excluding carboxylic acids is 1. The summed E-state index contributed by atoms with van der Waals surface area (Å²) < 4.78 is 27.8. The van der Waals surface area contributed by atoms with Crippen LogP contribution in [0.25, 0.3) is 0 Å². The Labute approximate surface area is 106 Å². The van der Waals surface area contributed by atoms with Crippen molar-refractivity contribution in [2.75, 3.05) is 7.11 Å². The maximum absolute atomic E-state index is 11.4. The number of ether oxygens (including phenoxy) is 1. The van der Waals surface area contributed by atoms with Gasteiger partial charge in [0.1, 0.15) is 10.6 Å². The molecule has 3 N–H and O–H groups in total. The van der Waals surface area contributed by atoms with E-state index in [-0.39, 0.29) is 22.6 Å². The Morgan fingerprint density at radius 2 is 2.06 bits per heavy atom. The van der Waals surface area contributed by atoms with E-state index in [9.17, 15) is 13.2 Å². The zero-order valence-electron chi connectivity index (χ0n) is 10.4. The van der Waals surface area contributed by atoms with Gasteiger partial charge in [-0.3, -0.25) is 4.79 Å². The monoisotopic (exact) mass is 272 g/mol. The number of primary sulfonamides is 1. The summed E-state index contributed by atoms with van der Waals surface area (Å²) in [5.74, 6) is -0.0215. The third kappa shape index (κ3) is 3.44. The first kappa shape index (κ1) is 14.5. The highest BCUT2D eigenvalue weighted by Crippen LogP contribution is 2.26. The number of sulfonamides is 1. The van der Waals surface area contributed by atoms with Crippen LogP contribution < -0.4 is 15.2 Å². The lowest BCUT2D eigenvalue weighted by Gasteiger charge is -2.15. The molecule has 1 unspecified atom stereocenters. The predicted molar refractivity (Wildman–Crippen MR) is 66.6 cm³/mol. The minimum absolute atomic E-state index is 0.0975. The number of carbonyl (C=O) groups is 1. The van der Waals surface area contributed by atoms with Crippen LogP contribution in [-0.2, 0) is 14.8 Å². The minimum atomic E-state index is -3.87. The van der Waals surface area contributed by atoms with E-state index in [1.807, 2.05) is 0 Å². The Bertz CT molecular complexity index is 554. The molecule has 0 saturated heterocycles. The number of nitrogens with two attached hydrogens (primary N) is 1.